The van der Waals surface area contributed by atoms with Crippen LogP contribution >= 0.6 is 46.4 Å². The molecule has 0 fully saturated rings. The Labute approximate surface area is 290 Å². The molecule has 0 heterocycles. The predicted octanol–water partition coefficient (Wildman–Crippen LogP) is 7.97. The van der Waals surface area contributed by atoms with Crippen molar-refractivity contribution in [2.75, 3.05) is 17.4 Å². The molecule has 0 aliphatic rings. The molecule has 0 unspecified atom stereocenters. The summed E-state index contributed by atoms with van der Waals surface area (Å²) in [6.07, 6.45) is 0.866. The third kappa shape index (κ3) is 8.96. The lowest BCUT2D eigenvalue weighted by molar-refractivity contribution is -0.140. The molecule has 0 aliphatic heterocycles. The van der Waals surface area contributed by atoms with Gasteiger partial charge in [0.15, 0.2) is 0 Å². The molecule has 0 saturated heterocycles. The van der Waals surface area contributed by atoms with E-state index in [1.54, 1.807) is 30.3 Å². The normalized spacial score (nSPS) is 12.0. The minimum atomic E-state index is -4.29. The lowest BCUT2D eigenvalue weighted by Gasteiger charge is -2.34. The van der Waals surface area contributed by atoms with Crippen molar-refractivity contribution in [2.24, 2.45) is 0 Å². The zero-order valence-corrected chi connectivity index (χ0v) is 29.1. The van der Waals surface area contributed by atoms with Gasteiger partial charge in [-0.3, -0.25) is 13.9 Å². The molecule has 12 heteroatoms. The summed E-state index contributed by atoms with van der Waals surface area (Å²) in [7, 11) is -4.29. The third-order valence-corrected chi connectivity index (χ3v) is 10.5. The Kier molecular flexibility index (Phi) is 12.4. The highest BCUT2D eigenvalue weighted by molar-refractivity contribution is 7.92. The van der Waals surface area contributed by atoms with Crippen molar-refractivity contribution >= 4 is 73.9 Å². The molecule has 0 radical (unpaired) electrons. The fraction of sp³-hybridized carbons (Fsp3) is 0.235. The van der Waals surface area contributed by atoms with Crippen LogP contribution in [0.15, 0.2) is 95.9 Å². The number of amides is 2. The van der Waals surface area contributed by atoms with Gasteiger partial charge in [0.2, 0.25) is 11.8 Å². The molecule has 0 saturated carbocycles. The van der Waals surface area contributed by atoms with Gasteiger partial charge in [0, 0.05) is 19.5 Å². The largest absolute Gasteiger partial charge is 0.354 e. The molecule has 2 amide bonds. The van der Waals surface area contributed by atoms with Crippen LogP contribution in [0.4, 0.5) is 5.69 Å². The highest BCUT2D eigenvalue weighted by Crippen LogP contribution is 2.31. The van der Waals surface area contributed by atoms with Crippen molar-refractivity contribution < 1.29 is 18.0 Å². The smallest absolute Gasteiger partial charge is 0.264 e. The zero-order chi connectivity index (χ0) is 33.4. The first-order valence-corrected chi connectivity index (χ1v) is 17.5. The average molecular weight is 722 g/mol. The molecule has 46 heavy (non-hydrogen) atoms. The molecule has 0 aromatic heterocycles. The lowest BCUT2D eigenvalue weighted by atomic mass is 10.0. The number of benzene rings is 4. The Balaban J connectivity index is 1.82. The number of carbonyl (C=O) groups excluding carboxylic acids is 2. The summed E-state index contributed by atoms with van der Waals surface area (Å²) < 4.78 is 29.3. The zero-order valence-electron chi connectivity index (χ0n) is 25.2. The van der Waals surface area contributed by atoms with Crippen molar-refractivity contribution in [2.45, 2.75) is 44.2 Å². The maximum Gasteiger partial charge on any atom is 0.264 e. The molecule has 0 spiro atoms. The van der Waals surface area contributed by atoms with E-state index in [4.69, 9.17) is 46.4 Å². The second-order valence-electron chi connectivity index (χ2n) is 10.7. The number of aryl methyl sites for hydroxylation is 1. The van der Waals surface area contributed by atoms with Crippen LogP contribution in [0.5, 0.6) is 0 Å². The Morgan fingerprint density at radius 2 is 1.41 bits per heavy atom. The summed E-state index contributed by atoms with van der Waals surface area (Å²) in [6.45, 7) is 3.48. The van der Waals surface area contributed by atoms with E-state index in [1.807, 2.05) is 44.2 Å². The van der Waals surface area contributed by atoms with Crippen LogP contribution in [0.3, 0.4) is 0 Å². The first-order valence-electron chi connectivity index (χ1n) is 14.5. The summed E-state index contributed by atoms with van der Waals surface area (Å²) in [5, 5.41) is 3.86. The minimum absolute atomic E-state index is 0.0190. The Bertz CT molecular complexity index is 1790. The number of carbonyl (C=O) groups is 2. The van der Waals surface area contributed by atoms with E-state index in [9.17, 15) is 18.0 Å². The second-order valence-corrected chi connectivity index (χ2v) is 14.2. The van der Waals surface area contributed by atoms with Gasteiger partial charge < -0.3 is 10.2 Å². The molecule has 4 rings (SSSR count). The van der Waals surface area contributed by atoms with E-state index in [2.05, 4.69) is 5.32 Å². The third-order valence-electron chi connectivity index (χ3n) is 7.24. The summed E-state index contributed by atoms with van der Waals surface area (Å²) in [5.74, 6) is -0.998. The van der Waals surface area contributed by atoms with Crippen molar-refractivity contribution in [3.63, 3.8) is 0 Å². The molecule has 1 atom stereocenters. The highest BCUT2D eigenvalue weighted by atomic mass is 35.5. The fourth-order valence-electron chi connectivity index (χ4n) is 4.76. The number of nitrogens with zero attached hydrogens (tertiary/aromatic N) is 2. The average Bonchev–Trinajstić information content (AvgIpc) is 3.04. The maximum absolute atomic E-state index is 14.5. The van der Waals surface area contributed by atoms with Gasteiger partial charge in [-0.2, -0.15) is 0 Å². The van der Waals surface area contributed by atoms with E-state index < -0.39 is 28.5 Å². The fourth-order valence-corrected chi connectivity index (χ4v) is 6.78. The summed E-state index contributed by atoms with van der Waals surface area (Å²) in [6, 6.07) is 23.9. The van der Waals surface area contributed by atoms with Crippen molar-refractivity contribution in [1.29, 1.82) is 0 Å². The van der Waals surface area contributed by atoms with Crippen LogP contribution in [0.2, 0.25) is 20.1 Å². The predicted molar refractivity (Wildman–Crippen MR) is 186 cm³/mol. The molecule has 0 aliphatic carbocycles. The van der Waals surface area contributed by atoms with Crippen molar-refractivity contribution in [1.82, 2.24) is 10.2 Å². The molecule has 7 nitrogen and oxygen atoms in total. The standard InChI is InChI=1S/C34H33Cl4N3O4S/c1-3-17-39-34(43)32(19-24-7-5-4-6-8-24)40(21-25-11-15-28(35)30(37)18-25)33(42)22-41(26-12-16-29(36)31(38)20-26)46(44,45)27-13-9-23(2)10-14-27/h4-16,18,20,32H,3,17,19,21-22H2,1-2H3,(H,39,43)/t32-/m0/s1. The number of anilines is 1. The van der Waals surface area contributed by atoms with Gasteiger partial charge >= 0.3 is 0 Å². The van der Waals surface area contributed by atoms with E-state index in [-0.39, 0.29) is 44.5 Å². The van der Waals surface area contributed by atoms with Gasteiger partial charge in [-0.1, -0.05) is 107 Å². The number of nitrogens with one attached hydrogen (secondary N) is 1. The van der Waals surface area contributed by atoms with Crippen LogP contribution in [-0.2, 0) is 32.6 Å². The number of sulfonamides is 1. The minimum Gasteiger partial charge on any atom is -0.354 e. The van der Waals surface area contributed by atoms with E-state index in [1.165, 1.54) is 35.2 Å². The van der Waals surface area contributed by atoms with Gasteiger partial charge in [0.05, 0.1) is 30.7 Å². The summed E-state index contributed by atoms with van der Waals surface area (Å²) in [5.41, 5.74) is 2.42. The highest BCUT2D eigenvalue weighted by Gasteiger charge is 2.35. The van der Waals surface area contributed by atoms with Gasteiger partial charge in [-0.25, -0.2) is 8.42 Å². The number of rotatable bonds is 13. The number of halogens is 4. The van der Waals surface area contributed by atoms with E-state index in [0.29, 0.717) is 23.6 Å². The molecule has 4 aromatic rings. The molecule has 0 bridgehead atoms. The van der Waals surface area contributed by atoms with Gasteiger partial charge in [-0.05, 0) is 66.9 Å². The van der Waals surface area contributed by atoms with Crippen molar-refractivity contribution in [3.05, 3.63) is 128 Å². The molecule has 4 aromatic carbocycles. The SMILES string of the molecule is CCCNC(=O)[C@H](Cc1ccccc1)N(Cc1ccc(Cl)c(Cl)c1)C(=O)CN(c1ccc(Cl)c(Cl)c1)S(=O)(=O)c1ccc(C)cc1. The van der Waals surface area contributed by atoms with Gasteiger partial charge in [0.1, 0.15) is 12.6 Å². The van der Waals surface area contributed by atoms with E-state index >= 15 is 0 Å². The quantitative estimate of drug-likeness (QED) is 0.152. The van der Waals surface area contributed by atoms with E-state index in [0.717, 1.165) is 15.4 Å². The van der Waals surface area contributed by atoms with Crippen LogP contribution in [0, 0.1) is 6.92 Å². The first kappa shape index (κ1) is 35.6. The summed E-state index contributed by atoms with van der Waals surface area (Å²) >= 11 is 25.0. The second kappa shape index (κ2) is 16.0. The Morgan fingerprint density at radius 1 is 0.783 bits per heavy atom. The first-order chi connectivity index (χ1) is 21.9. The van der Waals surface area contributed by atoms with Gasteiger partial charge in [0.25, 0.3) is 10.0 Å². The molecular formula is C34H33Cl4N3O4S. The Hall–Kier alpha value is -3.27. The maximum atomic E-state index is 14.5. The molecule has 1 N–H and O–H groups in total. The number of hydrogen-bond donors (Lipinski definition) is 1. The summed E-state index contributed by atoms with van der Waals surface area (Å²) in [4.78, 5) is 29.6. The topological polar surface area (TPSA) is 86.8 Å². The van der Waals surface area contributed by atoms with Crippen molar-refractivity contribution in [3.8, 4) is 0 Å². The molecule has 242 valence electrons. The van der Waals surface area contributed by atoms with Gasteiger partial charge in [-0.15, -0.1) is 0 Å². The van der Waals surface area contributed by atoms with Crippen LogP contribution in [0.25, 0.3) is 0 Å². The Morgan fingerprint density at radius 3 is 2.02 bits per heavy atom. The monoisotopic (exact) mass is 719 g/mol. The number of hydrogen-bond acceptors (Lipinski definition) is 4. The van der Waals surface area contributed by atoms with Crippen LogP contribution in [0.1, 0.15) is 30.0 Å². The van der Waals surface area contributed by atoms with Crippen LogP contribution in [-0.4, -0.2) is 44.3 Å². The lowest BCUT2D eigenvalue weighted by Crippen LogP contribution is -2.53. The molecular weight excluding hydrogens is 688 g/mol. The van der Waals surface area contributed by atoms with Crippen LogP contribution < -0.4 is 9.62 Å².